The molecule has 1 aliphatic rings. The van der Waals surface area contributed by atoms with Gasteiger partial charge in [-0.05, 0) is 31.5 Å². The fraction of sp³-hybridized carbons (Fsp3) is 0.278. The van der Waals surface area contributed by atoms with Crippen molar-refractivity contribution >= 4 is 15.8 Å². The Kier molecular flexibility index (Phi) is 3.77. The second kappa shape index (κ2) is 5.43. The number of aryl methyl sites for hydroxylation is 2. The molecule has 24 heavy (non-hydrogen) atoms. The maximum Gasteiger partial charge on any atom is 0.325 e. The van der Waals surface area contributed by atoms with E-state index in [2.05, 4.69) is 0 Å². The van der Waals surface area contributed by atoms with E-state index < -0.39 is 32.5 Å². The minimum Gasteiger partial charge on any atom is -0.480 e. The van der Waals surface area contributed by atoms with Crippen LogP contribution in [0.4, 0.5) is 0 Å². The van der Waals surface area contributed by atoms with Gasteiger partial charge in [0, 0.05) is 5.92 Å². The average molecular weight is 345 g/mol. The van der Waals surface area contributed by atoms with E-state index in [1.807, 2.05) is 26.0 Å². The summed E-state index contributed by atoms with van der Waals surface area (Å²) in [5.74, 6) is -2.06. The minimum atomic E-state index is -3.85. The number of nitrogens with two attached hydrogens (primary N) is 1. The summed E-state index contributed by atoms with van der Waals surface area (Å²) in [6.45, 7) is 3.76. The van der Waals surface area contributed by atoms with Crippen molar-refractivity contribution in [1.82, 2.24) is 0 Å². The summed E-state index contributed by atoms with van der Waals surface area (Å²) in [6.07, 6.45) is 0. The monoisotopic (exact) mass is 345 g/mol. The highest BCUT2D eigenvalue weighted by Crippen LogP contribution is 2.55. The summed E-state index contributed by atoms with van der Waals surface area (Å²) in [4.78, 5) is 11.8. The molecule has 3 atom stereocenters. The van der Waals surface area contributed by atoms with Crippen molar-refractivity contribution in [3.63, 3.8) is 0 Å². The van der Waals surface area contributed by atoms with E-state index in [0.717, 1.165) is 11.1 Å². The normalized spacial score (nSPS) is 26.1. The van der Waals surface area contributed by atoms with E-state index in [1.54, 1.807) is 24.3 Å². The van der Waals surface area contributed by atoms with Crippen molar-refractivity contribution in [2.24, 2.45) is 5.73 Å². The van der Waals surface area contributed by atoms with E-state index in [9.17, 15) is 18.3 Å². The highest BCUT2D eigenvalue weighted by atomic mass is 32.2. The maximum absolute atomic E-state index is 12.9. The van der Waals surface area contributed by atoms with E-state index >= 15 is 0 Å². The molecule has 2 aromatic rings. The Bertz CT molecular complexity index is 888. The third-order valence-corrected chi connectivity index (χ3v) is 6.93. The quantitative estimate of drug-likeness (QED) is 0.883. The van der Waals surface area contributed by atoms with Crippen LogP contribution in [0.2, 0.25) is 0 Å². The third kappa shape index (κ3) is 2.42. The van der Waals surface area contributed by atoms with Gasteiger partial charge in [0.25, 0.3) is 0 Å². The number of hydrogen-bond acceptors (Lipinski definition) is 4. The average Bonchev–Trinajstić information content (AvgIpc) is 3.17. The van der Waals surface area contributed by atoms with Gasteiger partial charge < -0.3 is 10.8 Å². The van der Waals surface area contributed by atoms with Crippen LogP contribution in [0.1, 0.15) is 22.6 Å². The molecule has 3 rings (SSSR count). The Morgan fingerprint density at radius 3 is 1.92 bits per heavy atom. The first kappa shape index (κ1) is 16.7. The number of carbonyl (C=O) groups is 1. The van der Waals surface area contributed by atoms with Gasteiger partial charge in [-0.3, -0.25) is 4.79 Å². The lowest BCUT2D eigenvalue weighted by Crippen LogP contribution is -2.39. The van der Waals surface area contributed by atoms with Crippen LogP contribution in [0.15, 0.2) is 53.4 Å². The summed E-state index contributed by atoms with van der Waals surface area (Å²) in [6, 6.07) is 13.5. The van der Waals surface area contributed by atoms with Crippen LogP contribution in [0.5, 0.6) is 0 Å². The molecule has 126 valence electrons. The van der Waals surface area contributed by atoms with Crippen molar-refractivity contribution in [2.45, 2.75) is 35.4 Å². The molecule has 3 N–H and O–H groups in total. The molecule has 6 heteroatoms. The van der Waals surface area contributed by atoms with E-state index in [1.165, 1.54) is 12.1 Å². The van der Waals surface area contributed by atoms with Crippen LogP contribution in [0, 0.1) is 13.8 Å². The van der Waals surface area contributed by atoms with Gasteiger partial charge in [0.2, 0.25) is 0 Å². The van der Waals surface area contributed by atoms with Gasteiger partial charge in [-0.1, -0.05) is 47.5 Å². The highest BCUT2D eigenvalue weighted by molar-refractivity contribution is 7.92. The lowest BCUT2D eigenvalue weighted by molar-refractivity contribution is -0.139. The van der Waals surface area contributed by atoms with Crippen LogP contribution in [-0.2, 0) is 14.6 Å². The number of sulfone groups is 1. The second-order valence-corrected chi connectivity index (χ2v) is 8.47. The van der Waals surface area contributed by atoms with Gasteiger partial charge >= 0.3 is 5.97 Å². The Morgan fingerprint density at radius 2 is 1.46 bits per heavy atom. The number of aliphatic carboxylic acids is 1. The molecule has 0 heterocycles. The Morgan fingerprint density at radius 1 is 1.00 bits per heavy atom. The van der Waals surface area contributed by atoms with Gasteiger partial charge in [-0.15, -0.1) is 0 Å². The van der Waals surface area contributed by atoms with Crippen LogP contribution in [0.25, 0.3) is 0 Å². The largest absolute Gasteiger partial charge is 0.480 e. The summed E-state index contributed by atoms with van der Waals surface area (Å²) in [5.41, 5.74) is 6.78. The zero-order chi connectivity index (χ0) is 17.7. The van der Waals surface area contributed by atoms with Gasteiger partial charge in [0.05, 0.1) is 4.90 Å². The Hall–Kier alpha value is -2.18. The second-order valence-electron chi connectivity index (χ2n) is 6.41. The first-order valence-corrected chi connectivity index (χ1v) is 9.13. The molecule has 0 saturated heterocycles. The summed E-state index contributed by atoms with van der Waals surface area (Å²) < 4.78 is 25.9. The summed E-state index contributed by atoms with van der Waals surface area (Å²) in [7, 11) is -3.85. The molecule has 0 spiro atoms. The summed E-state index contributed by atoms with van der Waals surface area (Å²) >= 11 is 0. The third-order valence-electron chi connectivity index (χ3n) is 4.67. The Labute approximate surface area is 141 Å². The molecule has 5 nitrogen and oxygen atoms in total. The van der Waals surface area contributed by atoms with E-state index in [-0.39, 0.29) is 4.90 Å². The molecule has 1 saturated carbocycles. The summed E-state index contributed by atoms with van der Waals surface area (Å²) in [5, 5.41) is 8.36. The van der Waals surface area contributed by atoms with E-state index in [4.69, 9.17) is 5.73 Å². The number of carboxylic acid groups (broad SMARTS) is 1. The molecule has 0 radical (unpaired) electrons. The molecule has 2 aromatic carbocycles. The highest BCUT2D eigenvalue weighted by Gasteiger charge is 2.74. The predicted molar refractivity (Wildman–Crippen MR) is 90.6 cm³/mol. The molecule has 1 aliphatic carbocycles. The lowest BCUT2D eigenvalue weighted by atomic mass is 10.1. The van der Waals surface area contributed by atoms with Crippen molar-refractivity contribution in [1.29, 1.82) is 0 Å². The topological polar surface area (TPSA) is 97.5 Å². The zero-order valence-corrected chi connectivity index (χ0v) is 14.2. The van der Waals surface area contributed by atoms with Crippen molar-refractivity contribution in [3.8, 4) is 0 Å². The first-order valence-electron chi connectivity index (χ1n) is 7.58. The lowest BCUT2D eigenvalue weighted by Gasteiger charge is -2.07. The Balaban J connectivity index is 2.06. The predicted octanol–water partition coefficient (Wildman–Crippen LogP) is 2.03. The molecule has 0 amide bonds. The first-order chi connectivity index (χ1) is 11.2. The molecule has 0 bridgehead atoms. The minimum absolute atomic E-state index is 0.101. The van der Waals surface area contributed by atoms with E-state index in [0.29, 0.717) is 5.56 Å². The van der Waals surface area contributed by atoms with Crippen molar-refractivity contribution in [3.05, 3.63) is 65.2 Å². The smallest absolute Gasteiger partial charge is 0.325 e. The van der Waals surface area contributed by atoms with Gasteiger partial charge in [0.1, 0.15) is 10.8 Å². The van der Waals surface area contributed by atoms with Crippen LogP contribution >= 0.6 is 0 Å². The van der Waals surface area contributed by atoms with Gasteiger partial charge in [-0.2, -0.15) is 0 Å². The van der Waals surface area contributed by atoms with Crippen LogP contribution < -0.4 is 5.73 Å². The molecular weight excluding hydrogens is 326 g/mol. The molecule has 0 unspecified atom stereocenters. The number of carboxylic acids is 1. The van der Waals surface area contributed by atoms with Gasteiger partial charge in [-0.25, -0.2) is 8.42 Å². The number of benzene rings is 2. The van der Waals surface area contributed by atoms with Gasteiger partial charge in [0.15, 0.2) is 9.84 Å². The van der Waals surface area contributed by atoms with Crippen molar-refractivity contribution in [2.75, 3.05) is 0 Å². The molecule has 0 aliphatic heterocycles. The standard InChI is InChI=1S/C18H19NO4S/c1-11-3-7-13(8-4-11)15-16(18(15,19)17(20)21)24(22,23)14-9-5-12(2)6-10-14/h3-10,15-16H,19H2,1-2H3,(H,20,21)/t15-,16-,18+/m1/s1. The maximum atomic E-state index is 12.9. The van der Waals surface area contributed by atoms with Crippen LogP contribution in [-0.4, -0.2) is 30.3 Å². The van der Waals surface area contributed by atoms with Crippen molar-refractivity contribution < 1.29 is 18.3 Å². The fourth-order valence-corrected chi connectivity index (χ4v) is 5.40. The molecule has 1 fully saturated rings. The molecule has 0 aromatic heterocycles. The zero-order valence-electron chi connectivity index (χ0n) is 13.4. The number of rotatable bonds is 4. The van der Waals surface area contributed by atoms with Crippen LogP contribution in [0.3, 0.4) is 0 Å². The molecular formula is C18H19NO4S. The fourth-order valence-electron chi connectivity index (χ4n) is 3.16. The number of hydrogen-bond donors (Lipinski definition) is 2. The SMILES string of the molecule is Cc1ccc([C@@H]2[C@@H](S(=O)(=O)c3ccc(C)cc3)[C@]2(N)C(=O)O)cc1.